The van der Waals surface area contributed by atoms with Gasteiger partial charge in [0.15, 0.2) is 11.5 Å². The maximum atomic E-state index is 13.0. The SMILES string of the molecule is CCOc1cc(C(=O)NCC(c2ccco2)N2CCCCC2)ccc1OCc1ccncc1. The first-order valence-electron chi connectivity index (χ1n) is 11.6. The lowest BCUT2D eigenvalue weighted by molar-refractivity contribution is 0.0913. The summed E-state index contributed by atoms with van der Waals surface area (Å²) >= 11 is 0. The molecule has 1 atom stereocenters. The van der Waals surface area contributed by atoms with Crippen molar-refractivity contribution in [3.05, 3.63) is 78.0 Å². The van der Waals surface area contributed by atoms with Crippen molar-refractivity contribution in [2.75, 3.05) is 26.2 Å². The van der Waals surface area contributed by atoms with Crippen LogP contribution in [0.4, 0.5) is 0 Å². The summed E-state index contributed by atoms with van der Waals surface area (Å²) < 4.78 is 17.4. The molecule has 4 rings (SSSR count). The Labute approximate surface area is 194 Å². The fourth-order valence-corrected chi connectivity index (χ4v) is 4.09. The maximum absolute atomic E-state index is 13.0. The average Bonchev–Trinajstić information content (AvgIpc) is 3.39. The Hall–Kier alpha value is -3.32. The first-order valence-corrected chi connectivity index (χ1v) is 11.6. The van der Waals surface area contributed by atoms with Crippen LogP contribution in [-0.2, 0) is 6.61 Å². The van der Waals surface area contributed by atoms with Gasteiger partial charge in [0.25, 0.3) is 5.91 Å². The van der Waals surface area contributed by atoms with Crippen molar-refractivity contribution in [2.24, 2.45) is 0 Å². The molecule has 3 heterocycles. The van der Waals surface area contributed by atoms with Gasteiger partial charge in [-0.1, -0.05) is 6.42 Å². The molecule has 7 heteroatoms. The van der Waals surface area contributed by atoms with Crippen LogP contribution in [0.2, 0.25) is 0 Å². The van der Waals surface area contributed by atoms with Crippen molar-refractivity contribution in [1.82, 2.24) is 15.2 Å². The van der Waals surface area contributed by atoms with Crippen molar-refractivity contribution in [2.45, 2.75) is 38.8 Å². The highest BCUT2D eigenvalue weighted by Crippen LogP contribution is 2.30. The molecule has 1 N–H and O–H groups in total. The number of likely N-dealkylation sites (tertiary alicyclic amines) is 1. The Kier molecular flexibility index (Phi) is 7.98. The number of pyridine rings is 1. The number of ether oxygens (including phenoxy) is 2. The monoisotopic (exact) mass is 449 g/mol. The van der Waals surface area contributed by atoms with Gasteiger partial charge in [0.2, 0.25) is 0 Å². The molecule has 0 saturated carbocycles. The van der Waals surface area contributed by atoms with E-state index in [2.05, 4.69) is 15.2 Å². The predicted molar refractivity (Wildman–Crippen MR) is 125 cm³/mol. The van der Waals surface area contributed by atoms with Crippen molar-refractivity contribution in [3.8, 4) is 11.5 Å². The van der Waals surface area contributed by atoms with Crippen LogP contribution in [0.25, 0.3) is 0 Å². The molecule has 3 aromatic rings. The average molecular weight is 450 g/mol. The first kappa shape index (κ1) is 22.9. The second-order valence-corrected chi connectivity index (χ2v) is 8.08. The van der Waals surface area contributed by atoms with Gasteiger partial charge >= 0.3 is 0 Å². The van der Waals surface area contributed by atoms with E-state index in [0.29, 0.717) is 36.8 Å². The number of carbonyl (C=O) groups excluding carboxylic acids is 1. The normalized spacial score (nSPS) is 15.1. The molecule has 0 radical (unpaired) electrons. The number of furan rings is 1. The highest BCUT2D eigenvalue weighted by atomic mass is 16.5. The third-order valence-electron chi connectivity index (χ3n) is 5.81. The fourth-order valence-electron chi connectivity index (χ4n) is 4.09. The van der Waals surface area contributed by atoms with Crippen LogP contribution >= 0.6 is 0 Å². The van der Waals surface area contributed by atoms with Gasteiger partial charge in [-0.05, 0) is 80.9 Å². The predicted octanol–water partition coefficient (Wildman–Crippen LogP) is 4.61. The van der Waals surface area contributed by atoms with E-state index in [-0.39, 0.29) is 11.9 Å². The number of hydrogen-bond acceptors (Lipinski definition) is 6. The third-order valence-corrected chi connectivity index (χ3v) is 5.81. The number of aromatic nitrogens is 1. The summed E-state index contributed by atoms with van der Waals surface area (Å²) in [5.74, 6) is 1.89. The minimum absolute atomic E-state index is 0.0265. The van der Waals surface area contributed by atoms with Gasteiger partial charge in [-0.3, -0.25) is 14.7 Å². The largest absolute Gasteiger partial charge is 0.490 e. The molecule has 7 nitrogen and oxygen atoms in total. The highest BCUT2D eigenvalue weighted by Gasteiger charge is 2.25. The van der Waals surface area contributed by atoms with Crippen LogP contribution in [0, 0.1) is 0 Å². The molecule has 174 valence electrons. The van der Waals surface area contributed by atoms with E-state index in [1.807, 2.05) is 31.2 Å². The summed E-state index contributed by atoms with van der Waals surface area (Å²) in [6.07, 6.45) is 8.75. The zero-order chi connectivity index (χ0) is 22.9. The number of carbonyl (C=O) groups is 1. The fraction of sp³-hybridized carbons (Fsp3) is 0.385. The molecule has 0 aliphatic carbocycles. The molecule has 33 heavy (non-hydrogen) atoms. The van der Waals surface area contributed by atoms with Gasteiger partial charge in [-0.15, -0.1) is 0 Å². The molecular weight excluding hydrogens is 418 g/mol. The van der Waals surface area contributed by atoms with E-state index in [0.717, 1.165) is 24.4 Å². The van der Waals surface area contributed by atoms with Gasteiger partial charge in [0.05, 0.1) is 18.9 Å². The van der Waals surface area contributed by atoms with Gasteiger partial charge in [0.1, 0.15) is 12.4 Å². The van der Waals surface area contributed by atoms with E-state index in [1.54, 1.807) is 36.9 Å². The molecule has 0 bridgehead atoms. The number of piperidine rings is 1. The van der Waals surface area contributed by atoms with Crippen molar-refractivity contribution in [3.63, 3.8) is 0 Å². The van der Waals surface area contributed by atoms with E-state index < -0.39 is 0 Å². The Morgan fingerprint density at radius 1 is 1.09 bits per heavy atom. The van der Waals surface area contributed by atoms with E-state index in [9.17, 15) is 4.79 Å². The zero-order valence-electron chi connectivity index (χ0n) is 19.0. The molecule has 1 aliphatic rings. The third kappa shape index (κ3) is 6.14. The zero-order valence-corrected chi connectivity index (χ0v) is 19.0. The maximum Gasteiger partial charge on any atom is 0.251 e. The number of rotatable bonds is 10. The standard InChI is InChI=1S/C26H31N3O4/c1-2-31-25-17-21(8-9-24(25)33-19-20-10-12-27-13-11-20)26(30)28-18-22(23-7-6-16-32-23)29-14-4-3-5-15-29/h6-13,16-17,22H,2-5,14-15,18-19H2,1H3,(H,28,30). The number of nitrogens with zero attached hydrogens (tertiary/aromatic N) is 2. The lowest BCUT2D eigenvalue weighted by Crippen LogP contribution is -2.40. The molecule has 2 aromatic heterocycles. The number of hydrogen-bond donors (Lipinski definition) is 1. The molecular formula is C26H31N3O4. The lowest BCUT2D eigenvalue weighted by Gasteiger charge is -2.33. The van der Waals surface area contributed by atoms with Crippen molar-refractivity contribution < 1.29 is 18.7 Å². The van der Waals surface area contributed by atoms with Gasteiger partial charge in [0, 0.05) is 24.5 Å². The minimum Gasteiger partial charge on any atom is -0.490 e. The Morgan fingerprint density at radius 3 is 2.64 bits per heavy atom. The van der Waals surface area contributed by atoms with Gasteiger partial charge in [-0.2, -0.15) is 0 Å². The van der Waals surface area contributed by atoms with Gasteiger partial charge in [-0.25, -0.2) is 0 Å². The smallest absolute Gasteiger partial charge is 0.251 e. The minimum atomic E-state index is -0.148. The van der Waals surface area contributed by atoms with Crippen LogP contribution in [0.5, 0.6) is 11.5 Å². The van der Waals surface area contributed by atoms with Crippen LogP contribution in [0.1, 0.15) is 53.9 Å². The van der Waals surface area contributed by atoms with Gasteiger partial charge < -0.3 is 19.2 Å². The summed E-state index contributed by atoms with van der Waals surface area (Å²) in [5, 5.41) is 3.09. The van der Waals surface area contributed by atoms with Crippen molar-refractivity contribution in [1.29, 1.82) is 0 Å². The second-order valence-electron chi connectivity index (χ2n) is 8.08. The van der Waals surface area contributed by atoms with E-state index in [1.165, 1.54) is 19.3 Å². The summed E-state index contributed by atoms with van der Waals surface area (Å²) in [6, 6.07) is 13.0. The molecule has 1 unspecified atom stereocenters. The summed E-state index contributed by atoms with van der Waals surface area (Å²) in [7, 11) is 0. The summed E-state index contributed by atoms with van der Waals surface area (Å²) in [5.41, 5.74) is 1.54. The van der Waals surface area contributed by atoms with Crippen molar-refractivity contribution >= 4 is 5.91 Å². The number of benzene rings is 1. The summed E-state index contributed by atoms with van der Waals surface area (Å²) in [4.78, 5) is 19.4. The van der Waals surface area contributed by atoms with Crippen LogP contribution < -0.4 is 14.8 Å². The molecule has 1 amide bonds. The van der Waals surface area contributed by atoms with E-state index >= 15 is 0 Å². The number of amides is 1. The topological polar surface area (TPSA) is 76.8 Å². The van der Waals surface area contributed by atoms with Crippen LogP contribution in [0.15, 0.2) is 65.5 Å². The first-order chi connectivity index (χ1) is 16.2. The molecule has 1 saturated heterocycles. The lowest BCUT2D eigenvalue weighted by atomic mass is 10.1. The Bertz CT molecular complexity index is 1000. The Morgan fingerprint density at radius 2 is 1.91 bits per heavy atom. The van der Waals surface area contributed by atoms with Crippen LogP contribution in [0.3, 0.4) is 0 Å². The molecule has 0 spiro atoms. The highest BCUT2D eigenvalue weighted by molar-refractivity contribution is 5.94. The number of nitrogens with one attached hydrogen (secondary N) is 1. The summed E-state index contributed by atoms with van der Waals surface area (Å²) in [6.45, 7) is 5.29. The Balaban J connectivity index is 1.42. The van der Waals surface area contributed by atoms with E-state index in [4.69, 9.17) is 13.9 Å². The van der Waals surface area contributed by atoms with Crippen LogP contribution in [-0.4, -0.2) is 42.0 Å². The molecule has 1 aliphatic heterocycles. The quantitative estimate of drug-likeness (QED) is 0.487. The second kappa shape index (κ2) is 11.5. The molecule has 1 fully saturated rings. The molecule has 1 aromatic carbocycles.